The van der Waals surface area contributed by atoms with Crippen molar-refractivity contribution in [3.63, 3.8) is 0 Å². The third-order valence-corrected chi connectivity index (χ3v) is 3.51. The van der Waals surface area contributed by atoms with Crippen LogP contribution >= 0.6 is 0 Å². The van der Waals surface area contributed by atoms with Gasteiger partial charge in [0.2, 0.25) is 0 Å². The van der Waals surface area contributed by atoms with E-state index in [1.807, 2.05) is 24.3 Å². The van der Waals surface area contributed by atoms with Gasteiger partial charge in [-0.3, -0.25) is 9.79 Å². The summed E-state index contributed by atoms with van der Waals surface area (Å²) in [5.74, 6) is 1.32. The van der Waals surface area contributed by atoms with Gasteiger partial charge in [-0.2, -0.15) is 0 Å². The lowest BCUT2D eigenvalue weighted by Gasteiger charge is -2.12. The molecule has 0 aliphatic heterocycles. The number of nitrogens with one attached hydrogen (secondary N) is 3. The number of carbonyl (C=O) groups is 1. The first-order chi connectivity index (χ1) is 11.6. The van der Waals surface area contributed by atoms with Crippen LogP contribution in [0, 0.1) is 5.92 Å². The van der Waals surface area contributed by atoms with E-state index in [0.29, 0.717) is 31.2 Å². The fraction of sp³-hybridized carbons (Fsp3) is 0.556. The Morgan fingerprint density at radius 3 is 2.46 bits per heavy atom. The zero-order chi connectivity index (χ0) is 17.8. The average molecular weight is 334 g/mol. The highest BCUT2D eigenvalue weighted by atomic mass is 16.5. The molecule has 24 heavy (non-hydrogen) atoms. The maximum atomic E-state index is 11.5. The topological polar surface area (TPSA) is 74.8 Å². The van der Waals surface area contributed by atoms with Crippen molar-refractivity contribution in [1.82, 2.24) is 16.0 Å². The smallest absolute Gasteiger partial charge is 0.251 e. The zero-order valence-electron chi connectivity index (χ0n) is 15.2. The highest BCUT2D eigenvalue weighted by Crippen LogP contribution is 2.04. The third-order valence-electron chi connectivity index (χ3n) is 3.51. The lowest BCUT2D eigenvalue weighted by atomic mass is 10.1. The molecule has 0 aromatic heterocycles. The molecule has 3 N–H and O–H groups in total. The minimum Gasteiger partial charge on any atom is -0.380 e. The number of aliphatic imine (C=N–C) groups is 1. The molecule has 0 bridgehead atoms. The SMILES string of the molecule is CN=C(NCCOCCC(C)C)NCc1ccc(C(=O)NC)cc1. The van der Waals surface area contributed by atoms with E-state index in [-0.39, 0.29) is 5.91 Å². The van der Waals surface area contributed by atoms with Gasteiger partial charge in [-0.15, -0.1) is 0 Å². The number of rotatable bonds is 9. The Bertz CT molecular complexity index is 512. The maximum Gasteiger partial charge on any atom is 0.251 e. The lowest BCUT2D eigenvalue weighted by molar-refractivity contribution is 0.0963. The molecule has 0 saturated heterocycles. The second-order valence-corrected chi connectivity index (χ2v) is 5.92. The normalized spacial score (nSPS) is 11.5. The maximum absolute atomic E-state index is 11.5. The van der Waals surface area contributed by atoms with Crippen LogP contribution in [0.2, 0.25) is 0 Å². The van der Waals surface area contributed by atoms with Crippen LogP contribution in [0.5, 0.6) is 0 Å². The molecule has 6 heteroatoms. The number of carbonyl (C=O) groups excluding carboxylic acids is 1. The van der Waals surface area contributed by atoms with Gasteiger partial charge in [0.25, 0.3) is 5.91 Å². The third kappa shape index (κ3) is 7.97. The van der Waals surface area contributed by atoms with Gasteiger partial charge in [0.1, 0.15) is 0 Å². The lowest BCUT2D eigenvalue weighted by Crippen LogP contribution is -2.38. The molecular formula is C18H30N4O2. The van der Waals surface area contributed by atoms with Crippen molar-refractivity contribution in [2.45, 2.75) is 26.8 Å². The number of hydrogen-bond donors (Lipinski definition) is 3. The monoisotopic (exact) mass is 334 g/mol. The zero-order valence-corrected chi connectivity index (χ0v) is 15.2. The van der Waals surface area contributed by atoms with Crippen LogP contribution in [0.3, 0.4) is 0 Å². The quantitative estimate of drug-likeness (QED) is 0.365. The molecule has 1 aromatic carbocycles. The average Bonchev–Trinajstić information content (AvgIpc) is 2.60. The molecule has 0 unspecified atom stereocenters. The molecule has 0 heterocycles. The van der Waals surface area contributed by atoms with Gasteiger partial charge in [-0.25, -0.2) is 0 Å². The predicted octanol–water partition coefficient (Wildman–Crippen LogP) is 1.77. The Morgan fingerprint density at radius 2 is 1.88 bits per heavy atom. The van der Waals surface area contributed by atoms with Crippen molar-refractivity contribution < 1.29 is 9.53 Å². The summed E-state index contributed by atoms with van der Waals surface area (Å²) in [5.41, 5.74) is 1.74. The number of hydrogen-bond acceptors (Lipinski definition) is 3. The van der Waals surface area contributed by atoms with Crippen LogP contribution < -0.4 is 16.0 Å². The fourth-order valence-corrected chi connectivity index (χ4v) is 1.99. The minimum atomic E-state index is -0.0792. The molecule has 134 valence electrons. The van der Waals surface area contributed by atoms with Crippen molar-refractivity contribution >= 4 is 11.9 Å². The number of ether oxygens (including phenoxy) is 1. The second kappa shape index (κ2) is 11.5. The van der Waals surface area contributed by atoms with E-state index in [1.165, 1.54) is 0 Å². The van der Waals surface area contributed by atoms with E-state index in [2.05, 4.69) is 34.8 Å². The van der Waals surface area contributed by atoms with Gasteiger partial charge >= 0.3 is 0 Å². The molecule has 0 aliphatic carbocycles. The van der Waals surface area contributed by atoms with E-state index < -0.39 is 0 Å². The van der Waals surface area contributed by atoms with Gasteiger partial charge in [0, 0.05) is 39.4 Å². The van der Waals surface area contributed by atoms with Crippen LogP contribution in [0.4, 0.5) is 0 Å². The summed E-state index contributed by atoms with van der Waals surface area (Å²) in [7, 11) is 3.36. The van der Waals surface area contributed by atoms with Crippen LogP contribution in [-0.4, -0.2) is 45.7 Å². The molecule has 0 spiro atoms. The van der Waals surface area contributed by atoms with E-state index in [4.69, 9.17) is 4.74 Å². The Labute approximate surface area is 145 Å². The number of nitrogens with zero attached hydrogens (tertiary/aromatic N) is 1. The first-order valence-electron chi connectivity index (χ1n) is 8.40. The summed E-state index contributed by atoms with van der Waals surface area (Å²) < 4.78 is 5.57. The predicted molar refractivity (Wildman–Crippen MR) is 98.3 cm³/mol. The number of benzene rings is 1. The molecule has 6 nitrogen and oxygen atoms in total. The van der Waals surface area contributed by atoms with Crippen LogP contribution in [0.1, 0.15) is 36.2 Å². The van der Waals surface area contributed by atoms with E-state index in [0.717, 1.165) is 24.6 Å². The Kier molecular flexibility index (Phi) is 9.53. The van der Waals surface area contributed by atoms with Gasteiger partial charge in [0.05, 0.1) is 6.61 Å². The largest absolute Gasteiger partial charge is 0.380 e. The summed E-state index contributed by atoms with van der Waals surface area (Å²) in [4.78, 5) is 15.7. The summed E-state index contributed by atoms with van der Waals surface area (Å²) in [6.45, 7) is 7.19. The standard InChI is InChI=1S/C18H30N4O2/c1-14(2)9-11-24-12-10-21-18(20-4)22-13-15-5-7-16(8-6-15)17(23)19-3/h5-8,14H,9-13H2,1-4H3,(H,19,23)(H2,20,21,22). The van der Waals surface area contributed by atoms with Crippen LogP contribution in [0.15, 0.2) is 29.3 Å². The highest BCUT2D eigenvalue weighted by molar-refractivity contribution is 5.93. The molecule has 0 saturated carbocycles. The Hall–Kier alpha value is -2.08. The van der Waals surface area contributed by atoms with E-state index >= 15 is 0 Å². The van der Waals surface area contributed by atoms with Crippen molar-refractivity contribution in [3.8, 4) is 0 Å². The second-order valence-electron chi connectivity index (χ2n) is 5.92. The molecule has 0 aliphatic rings. The van der Waals surface area contributed by atoms with Gasteiger partial charge < -0.3 is 20.7 Å². The summed E-state index contributed by atoms with van der Waals surface area (Å²) in [5, 5.41) is 9.06. The van der Waals surface area contributed by atoms with E-state index in [1.54, 1.807) is 14.1 Å². The molecule has 1 amide bonds. The van der Waals surface area contributed by atoms with Gasteiger partial charge in [-0.1, -0.05) is 26.0 Å². The van der Waals surface area contributed by atoms with Gasteiger partial charge in [-0.05, 0) is 30.0 Å². The van der Waals surface area contributed by atoms with Gasteiger partial charge in [0.15, 0.2) is 5.96 Å². The van der Waals surface area contributed by atoms with Crippen molar-refractivity contribution in [2.24, 2.45) is 10.9 Å². The summed E-state index contributed by atoms with van der Waals surface area (Å²) in [6.07, 6.45) is 1.08. The number of amides is 1. The summed E-state index contributed by atoms with van der Waals surface area (Å²) in [6, 6.07) is 7.49. The Balaban J connectivity index is 2.27. The Morgan fingerprint density at radius 1 is 1.17 bits per heavy atom. The number of guanidine groups is 1. The van der Waals surface area contributed by atoms with E-state index in [9.17, 15) is 4.79 Å². The molecule has 1 rings (SSSR count). The highest BCUT2D eigenvalue weighted by Gasteiger charge is 2.03. The van der Waals surface area contributed by atoms with Crippen LogP contribution in [0.25, 0.3) is 0 Å². The minimum absolute atomic E-state index is 0.0792. The van der Waals surface area contributed by atoms with Crippen molar-refractivity contribution in [1.29, 1.82) is 0 Å². The molecule has 1 aromatic rings. The first-order valence-corrected chi connectivity index (χ1v) is 8.40. The molecular weight excluding hydrogens is 304 g/mol. The summed E-state index contributed by atoms with van der Waals surface area (Å²) >= 11 is 0. The van der Waals surface area contributed by atoms with Crippen molar-refractivity contribution in [2.75, 3.05) is 33.9 Å². The van der Waals surface area contributed by atoms with Crippen molar-refractivity contribution in [3.05, 3.63) is 35.4 Å². The van der Waals surface area contributed by atoms with Crippen LogP contribution in [-0.2, 0) is 11.3 Å². The molecule has 0 radical (unpaired) electrons. The first kappa shape index (κ1) is 20.0. The fourth-order valence-electron chi connectivity index (χ4n) is 1.99. The molecule has 0 fully saturated rings. The molecule has 0 atom stereocenters.